The molecule has 4 rings (SSSR count). The largest absolute Gasteiger partial charge is 0.379 e. The molecule has 0 aliphatic carbocycles. The molecular formula is C19H26N4O5S. The minimum atomic E-state index is -3.50. The van der Waals surface area contributed by atoms with Crippen molar-refractivity contribution in [2.75, 3.05) is 57.8 Å². The van der Waals surface area contributed by atoms with Gasteiger partial charge in [0.2, 0.25) is 11.8 Å². The maximum atomic E-state index is 12.7. The van der Waals surface area contributed by atoms with Gasteiger partial charge >= 0.3 is 0 Å². The van der Waals surface area contributed by atoms with Crippen molar-refractivity contribution < 1.29 is 22.7 Å². The molecular weight excluding hydrogens is 396 g/mol. The lowest BCUT2D eigenvalue weighted by molar-refractivity contribution is -0.132. The molecule has 0 bridgehead atoms. The number of morpholine rings is 1. The number of amides is 2. The van der Waals surface area contributed by atoms with Gasteiger partial charge in [0.1, 0.15) is 0 Å². The van der Waals surface area contributed by atoms with Gasteiger partial charge in [-0.05, 0) is 18.1 Å². The number of para-hydroxylation sites is 1. The van der Waals surface area contributed by atoms with Crippen molar-refractivity contribution in [3.63, 3.8) is 0 Å². The van der Waals surface area contributed by atoms with E-state index in [-0.39, 0.29) is 37.2 Å². The zero-order valence-electron chi connectivity index (χ0n) is 16.2. The van der Waals surface area contributed by atoms with Crippen molar-refractivity contribution in [2.24, 2.45) is 0 Å². The monoisotopic (exact) mass is 422 g/mol. The molecule has 0 radical (unpaired) electrons. The number of piperazine rings is 1. The van der Waals surface area contributed by atoms with Crippen molar-refractivity contribution in [2.45, 2.75) is 18.8 Å². The molecule has 10 heteroatoms. The van der Waals surface area contributed by atoms with Crippen molar-refractivity contribution in [1.82, 2.24) is 13.5 Å². The summed E-state index contributed by atoms with van der Waals surface area (Å²) in [5.74, 6) is -0.413. The van der Waals surface area contributed by atoms with Gasteiger partial charge in [0.15, 0.2) is 0 Å². The smallest absolute Gasteiger partial charge is 0.282 e. The standard InChI is InChI=1S/C19H26N4O5S/c24-18(6-5-16-15-3-1-2-4-17(15)20-19(16)25)21-7-9-22(10-8-21)29(26,27)23-11-13-28-14-12-23/h1-4,16H,5-14H2,(H,20,25)/t16-/m1/s1. The summed E-state index contributed by atoms with van der Waals surface area (Å²) >= 11 is 0. The topological polar surface area (TPSA) is 99.3 Å². The molecule has 0 aromatic heterocycles. The van der Waals surface area contributed by atoms with E-state index in [1.54, 1.807) is 4.90 Å². The number of nitrogens with one attached hydrogen (secondary N) is 1. The summed E-state index contributed by atoms with van der Waals surface area (Å²) in [7, 11) is -3.50. The highest BCUT2D eigenvalue weighted by atomic mass is 32.2. The summed E-state index contributed by atoms with van der Waals surface area (Å²) < 4.78 is 33.6. The van der Waals surface area contributed by atoms with Crippen LogP contribution in [0.5, 0.6) is 0 Å². The van der Waals surface area contributed by atoms with E-state index in [0.717, 1.165) is 11.3 Å². The van der Waals surface area contributed by atoms with Gasteiger partial charge in [-0.15, -0.1) is 0 Å². The summed E-state index contributed by atoms with van der Waals surface area (Å²) in [6, 6.07) is 7.54. The Morgan fingerprint density at radius 3 is 2.41 bits per heavy atom. The molecule has 0 saturated carbocycles. The Kier molecular flexibility index (Phi) is 5.86. The first-order valence-corrected chi connectivity index (χ1v) is 11.4. The lowest BCUT2D eigenvalue weighted by Crippen LogP contribution is -2.55. The molecule has 3 heterocycles. The number of ether oxygens (including phenoxy) is 1. The lowest BCUT2D eigenvalue weighted by atomic mass is 9.95. The first-order chi connectivity index (χ1) is 14.0. The van der Waals surface area contributed by atoms with Gasteiger partial charge in [-0.2, -0.15) is 17.0 Å². The predicted molar refractivity (Wildman–Crippen MR) is 107 cm³/mol. The number of rotatable bonds is 5. The van der Waals surface area contributed by atoms with E-state index in [1.807, 2.05) is 24.3 Å². The van der Waals surface area contributed by atoms with Gasteiger partial charge in [-0.25, -0.2) is 0 Å². The average molecular weight is 423 g/mol. The highest BCUT2D eigenvalue weighted by molar-refractivity contribution is 7.86. The predicted octanol–water partition coefficient (Wildman–Crippen LogP) is 0.224. The fourth-order valence-electron chi connectivity index (χ4n) is 4.10. The Morgan fingerprint density at radius 2 is 1.69 bits per heavy atom. The second-order valence-corrected chi connectivity index (χ2v) is 9.40. The molecule has 0 spiro atoms. The summed E-state index contributed by atoms with van der Waals surface area (Å²) in [4.78, 5) is 26.5. The van der Waals surface area contributed by atoms with Gasteiger partial charge in [-0.3, -0.25) is 9.59 Å². The fraction of sp³-hybridized carbons (Fsp3) is 0.579. The van der Waals surface area contributed by atoms with Gasteiger partial charge in [0.05, 0.1) is 19.1 Å². The normalized spacial score (nSPS) is 23.7. The summed E-state index contributed by atoms with van der Waals surface area (Å²) in [6.45, 7) is 2.88. The van der Waals surface area contributed by atoms with Gasteiger partial charge in [-0.1, -0.05) is 18.2 Å². The molecule has 2 fully saturated rings. The lowest BCUT2D eigenvalue weighted by Gasteiger charge is -2.37. The quantitative estimate of drug-likeness (QED) is 0.732. The molecule has 0 unspecified atom stereocenters. The van der Waals surface area contributed by atoms with Crippen LogP contribution in [0.15, 0.2) is 24.3 Å². The van der Waals surface area contributed by atoms with Crippen LogP contribution in [0, 0.1) is 0 Å². The molecule has 9 nitrogen and oxygen atoms in total. The Bertz CT molecular complexity index is 876. The highest BCUT2D eigenvalue weighted by Gasteiger charge is 2.35. The number of carbonyl (C=O) groups excluding carboxylic acids is 2. The zero-order valence-corrected chi connectivity index (χ0v) is 17.1. The Balaban J connectivity index is 1.29. The van der Waals surface area contributed by atoms with E-state index in [1.165, 1.54) is 8.61 Å². The third-order valence-electron chi connectivity index (χ3n) is 5.77. The average Bonchev–Trinajstić information content (AvgIpc) is 3.07. The van der Waals surface area contributed by atoms with E-state index >= 15 is 0 Å². The molecule has 1 aromatic carbocycles. The summed E-state index contributed by atoms with van der Waals surface area (Å²) in [5, 5.41) is 2.85. The number of carbonyl (C=O) groups is 2. The molecule has 1 N–H and O–H groups in total. The Morgan fingerprint density at radius 1 is 1.03 bits per heavy atom. The zero-order chi connectivity index (χ0) is 20.4. The van der Waals surface area contributed by atoms with Gasteiger partial charge in [0.25, 0.3) is 10.2 Å². The number of hydrogen-bond donors (Lipinski definition) is 1. The Hall–Kier alpha value is -2.01. The van der Waals surface area contributed by atoms with Crippen LogP contribution in [0.4, 0.5) is 5.69 Å². The number of hydrogen-bond acceptors (Lipinski definition) is 5. The van der Waals surface area contributed by atoms with Crippen LogP contribution in [-0.4, -0.2) is 86.2 Å². The molecule has 2 amide bonds. The van der Waals surface area contributed by atoms with Crippen molar-refractivity contribution in [1.29, 1.82) is 0 Å². The van der Waals surface area contributed by atoms with Crippen LogP contribution >= 0.6 is 0 Å². The van der Waals surface area contributed by atoms with Crippen LogP contribution in [0.1, 0.15) is 24.3 Å². The van der Waals surface area contributed by atoms with Gasteiger partial charge in [0, 0.05) is 51.4 Å². The summed E-state index contributed by atoms with van der Waals surface area (Å²) in [6.07, 6.45) is 0.719. The van der Waals surface area contributed by atoms with Crippen LogP contribution in [-0.2, 0) is 24.5 Å². The highest BCUT2D eigenvalue weighted by Crippen LogP contribution is 2.35. The van der Waals surface area contributed by atoms with Gasteiger partial charge < -0.3 is 15.0 Å². The van der Waals surface area contributed by atoms with Crippen molar-refractivity contribution in [3.8, 4) is 0 Å². The number of nitrogens with zero attached hydrogens (tertiary/aromatic N) is 3. The molecule has 29 heavy (non-hydrogen) atoms. The first-order valence-electron chi connectivity index (χ1n) is 9.97. The number of fused-ring (bicyclic) bond motifs is 1. The number of benzene rings is 1. The molecule has 1 atom stereocenters. The molecule has 1 aromatic rings. The van der Waals surface area contributed by atoms with Crippen molar-refractivity contribution in [3.05, 3.63) is 29.8 Å². The molecule has 158 valence electrons. The molecule has 3 aliphatic heterocycles. The van der Waals surface area contributed by atoms with Crippen LogP contribution in [0.25, 0.3) is 0 Å². The molecule has 3 aliphatic rings. The molecule has 2 saturated heterocycles. The third-order valence-corrected chi connectivity index (χ3v) is 7.81. The summed E-state index contributed by atoms with van der Waals surface area (Å²) in [5.41, 5.74) is 1.75. The minimum Gasteiger partial charge on any atom is -0.379 e. The van der Waals surface area contributed by atoms with E-state index in [4.69, 9.17) is 4.74 Å². The van der Waals surface area contributed by atoms with E-state index < -0.39 is 10.2 Å². The van der Waals surface area contributed by atoms with E-state index in [2.05, 4.69) is 5.32 Å². The van der Waals surface area contributed by atoms with Crippen LogP contribution < -0.4 is 5.32 Å². The van der Waals surface area contributed by atoms with Crippen LogP contribution in [0.2, 0.25) is 0 Å². The fourth-order valence-corrected chi connectivity index (χ4v) is 5.66. The maximum absolute atomic E-state index is 12.7. The second-order valence-electron chi connectivity index (χ2n) is 7.47. The number of anilines is 1. The van der Waals surface area contributed by atoms with Crippen LogP contribution in [0.3, 0.4) is 0 Å². The van der Waals surface area contributed by atoms with Crippen molar-refractivity contribution >= 4 is 27.7 Å². The SMILES string of the molecule is O=C1Nc2ccccc2[C@H]1CCC(=O)N1CCN(S(=O)(=O)N2CCOCC2)CC1. The maximum Gasteiger partial charge on any atom is 0.282 e. The minimum absolute atomic E-state index is 0.0365. The Labute approximate surface area is 170 Å². The van der Waals surface area contributed by atoms with E-state index in [0.29, 0.717) is 45.8 Å². The third kappa shape index (κ3) is 4.16. The first kappa shape index (κ1) is 20.3. The second kappa shape index (κ2) is 8.39. The van der Waals surface area contributed by atoms with E-state index in [9.17, 15) is 18.0 Å².